The van der Waals surface area contributed by atoms with E-state index in [-0.39, 0.29) is 24.9 Å². The molecule has 0 aromatic heterocycles. The van der Waals surface area contributed by atoms with E-state index >= 15 is 0 Å². The summed E-state index contributed by atoms with van der Waals surface area (Å²) in [6.07, 6.45) is -1.52. The van der Waals surface area contributed by atoms with Crippen LogP contribution in [0.4, 0.5) is 13.2 Å². The monoisotopic (exact) mass is 319 g/mol. The Labute approximate surface area is 128 Å². The van der Waals surface area contributed by atoms with Gasteiger partial charge in [0.1, 0.15) is 0 Å². The van der Waals surface area contributed by atoms with E-state index in [1.807, 2.05) is 24.3 Å². The van der Waals surface area contributed by atoms with Gasteiger partial charge in [-0.25, -0.2) is 0 Å². The molecule has 1 aliphatic carbocycles. The Morgan fingerprint density at radius 1 is 1.24 bits per heavy atom. The first-order valence-corrected chi connectivity index (χ1v) is 7.86. The van der Waals surface area contributed by atoms with Crippen molar-refractivity contribution in [1.82, 2.24) is 5.32 Å². The van der Waals surface area contributed by atoms with Crippen LogP contribution in [0.2, 0.25) is 5.02 Å². The fourth-order valence-corrected chi connectivity index (χ4v) is 3.24. The van der Waals surface area contributed by atoms with Crippen LogP contribution in [-0.4, -0.2) is 12.2 Å². The zero-order chi connectivity index (χ0) is 15.5. The second-order valence-corrected chi connectivity index (χ2v) is 6.21. The molecule has 1 atom stereocenters. The summed E-state index contributed by atoms with van der Waals surface area (Å²) in [6, 6.07) is 7.97. The van der Waals surface area contributed by atoms with E-state index in [0.29, 0.717) is 17.9 Å². The molecule has 0 saturated heterocycles. The Morgan fingerprint density at radius 2 is 1.90 bits per heavy atom. The van der Waals surface area contributed by atoms with Crippen LogP contribution in [0.3, 0.4) is 0 Å². The quantitative estimate of drug-likeness (QED) is 0.772. The molecule has 118 valence electrons. The van der Waals surface area contributed by atoms with Crippen LogP contribution in [0.15, 0.2) is 24.3 Å². The lowest BCUT2D eigenvalue weighted by Gasteiger charge is -2.33. The Bertz CT molecular complexity index is 453. The van der Waals surface area contributed by atoms with Crippen LogP contribution in [-0.2, 0) is 0 Å². The zero-order valence-electron chi connectivity index (χ0n) is 12.1. The zero-order valence-corrected chi connectivity index (χ0v) is 12.8. The van der Waals surface area contributed by atoms with E-state index in [0.717, 1.165) is 12.0 Å². The normalized spacial score (nSPS) is 24.8. The van der Waals surface area contributed by atoms with Gasteiger partial charge in [-0.15, -0.1) is 0 Å². The van der Waals surface area contributed by atoms with Gasteiger partial charge in [0.2, 0.25) is 0 Å². The minimum absolute atomic E-state index is 0.149. The Hall–Kier alpha value is -0.740. The second-order valence-electron chi connectivity index (χ2n) is 5.77. The molecule has 0 aliphatic heterocycles. The largest absolute Gasteiger partial charge is 0.391 e. The molecule has 1 aromatic rings. The number of nitrogens with one attached hydrogen (secondary N) is 1. The molecule has 21 heavy (non-hydrogen) atoms. The van der Waals surface area contributed by atoms with Crippen LogP contribution in [0.5, 0.6) is 0 Å². The highest BCUT2D eigenvalue weighted by Crippen LogP contribution is 2.38. The smallest absolute Gasteiger partial charge is 0.307 e. The molecule has 1 N–H and O–H groups in total. The highest BCUT2D eigenvalue weighted by atomic mass is 35.5. The molecule has 0 spiro atoms. The molecule has 0 bridgehead atoms. The van der Waals surface area contributed by atoms with Gasteiger partial charge in [-0.1, -0.05) is 30.7 Å². The maximum Gasteiger partial charge on any atom is 0.391 e. The molecule has 1 nitrogen and oxygen atoms in total. The lowest BCUT2D eigenvalue weighted by Crippen LogP contribution is -2.38. The first kappa shape index (κ1) is 16.6. The van der Waals surface area contributed by atoms with Crippen molar-refractivity contribution in [3.05, 3.63) is 34.9 Å². The molecule has 0 amide bonds. The summed E-state index contributed by atoms with van der Waals surface area (Å²) in [4.78, 5) is 0. The van der Waals surface area contributed by atoms with Crippen molar-refractivity contribution in [1.29, 1.82) is 0 Å². The van der Waals surface area contributed by atoms with Crippen molar-refractivity contribution in [3.8, 4) is 0 Å². The van der Waals surface area contributed by atoms with Gasteiger partial charge >= 0.3 is 6.18 Å². The molecule has 1 fully saturated rings. The molecule has 1 saturated carbocycles. The number of hydrogen-bond acceptors (Lipinski definition) is 1. The maximum atomic E-state index is 12.7. The summed E-state index contributed by atoms with van der Waals surface area (Å²) >= 11 is 6.01. The van der Waals surface area contributed by atoms with E-state index in [4.69, 9.17) is 11.6 Å². The fourth-order valence-electron chi connectivity index (χ4n) is 3.05. The van der Waals surface area contributed by atoms with Gasteiger partial charge in [-0.3, -0.25) is 0 Å². The maximum absolute atomic E-state index is 12.7. The number of hydrogen-bond donors (Lipinski definition) is 1. The van der Waals surface area contributed by atoms with E-state index in [1.54, 1.807) is 0 Å². The van der Waals surface area contributed by atoms with E-state index < -0.39 is 12.1 Å². The van der Waals surface area contributed by atoms with Gasteiger partial charge in [0.25, 0.3) is 0 Å². The Morgan fingerprint density at radius 3 is 2.43 bits per heavy atom. The third-order valence-corrected chi connectivity index (χ3v) is 4.52. The molecular weight excluding hydrogens is 299 g/mol. The van der Waals surface area contributed by atoms with Crippen LogP contribution >= 0.6 is 11.6 Å². The Balaban J connectivity index is 1.92. The van der Waals surface area contributed by atoms with Crippen molar-refractivity contribution in [3.63, 3.8) is 0 Å². The summed E-state index contributed by atoms with van der Waals surface area (Å²) in [5.74, 6) is -1.12. The molecule has 1 aromatic carbocycles. The highest BCUT2D eigenvalue weighted by Gasteiger charge is 2.41. The average Bonchev–Trinajstić information content (AvgIpc) is 2.44. The predicted octanol–water partition coefficient (Wildman–Crippen LogP) is 5.50. The fraction of sp³-hybridized carbons (Fsp3) is 0.625. The lowest BCUT2D eigenvalue weighted by molar-refractivity contribution is -0.182. The minimum atomic E-state index is -4.04. The van der Waals surface area contributed by atoms with Gasteiger partial charge < -0.3 is 5.32 Å². The summed E-state index contributed by atoms with van der Waals surface area (Å²) in [5.41, 5.74) is 1.10. The van der Waals surface area contributed by atoms with Gasteiger partial charge in [-0.05, 0) is 49.8 Å². The van der Waals surface area contributed by atoms with Crippen molar-refractivity contribution in [2.75, 3.05) is 0 Å². The van der Waals surface area contributed by atoms with E-state index in [2.05, 4.69) is 12.2 Å². The molecule has 2 rings (SSSR count). The predicted molar refractivity (Wildman–Crippen MR) is 79.4 cm³/mol. The number of benzene rings is 1. The number of halogens is 4. The topological polar surface area (TPSA) is 12.0 Å². The molecule has 0 heterocycles. The lowest BCUT2D eigenvalue weighted by atomic mass is 9.85. The number of alkyl halides is 3. The summed E-state index contributed by atoms with van der Waals surface area (Å²) in [5, 5.41) is 4.18. The van der Waals surface area contributed by atoms with Crippen LogP contribution in [0.1, 0.15) is 50.6 Å². The van der Waals surface area contributed by atoms with Gasteiger partial charge in [-0.2, -0.15) is 13.2 Å². The summed E-state index contributed by atoms with van der Waals surface area (Å²) in [7, 11) is 0. The van der Waals surface area contributed by atoms with Crippen molar-refractivity contribution >= 4 is 11.6 Å². The van der Waals surface area contributed by atoms with Crippen LogP contribution in [0, 0.1) is 5.92 Å². The molecular formula is C16H21ClF3N. The molecule has 0 radical (unpaired) electrons. The Kier molecular flexibility index (Phi) is 5.55. The van der Waals surface area contributed by atoms with Crippen molar-refractivity contribution in [2.24, 2.45) is 5.92 Å². The molecule has 5 heteroatoms. The number of rotatable bonds is 4. The summed E-state index contributed by atoms with van der Waals surface area (Å²) < 4.78 is 38.0. The van der Waals surface area contributed by atoms with Crippen LogP contribution in [0.25, 0.3) is 0 Å². The second kappa shape index (κ2) is 7.01. The summed E-state index contributed by atoms with van der Waals surface area (Å²) in [6.45, 7) is 2.07. The third-order valence-electron chi connectivity index (χ3n) is 4.29. The van der Waals surface area contributed by atoms with Crippen molar-refractivity contribution in [2.45, 2.75) is 57.3 Å². The van der Waals surface area contributed by atoms with E-state index in [1.165, 1.54) is 0 Å². The third kappa shape index (κ3) is 4.62. The molecule has 1 unspecified atom stereocenters. The van der Waals surface area contributed by atoms with E-state index in [9.17, 15) is 13.2 Å². The van der Waals surface area contributed by atoms with Crippen LogP contribution < -0.4 is 5.32 Å². The van der Waals surface area contributed by atoms with Crippen molar-refractivity contribution < 1.29 is 13.2 Å². The molecule has 1 aliphatic rings. The van der Waals surface area contributed by atoms with Gasteiger partial charge in [0.05, 0.1) is 5.92 Å². The minimum Gasteiger partial charge on any atom is -0.307 e. The average molecular weight is 320 g/mol. The first-order chi connectivity index (χ1) is 9.90. The van der Waals surface area contributed by atoms with Gasteiger partial charge in [0.15, 0.2) is 0 Å². The standard InChI is InChI=1S/C16H21ClF3N/c1-2-15(11-4-3-5-13(17)10-11)21-14-8-6-12(7-9-14)16(18,19)20/h3-5,10,12,14-15,21H,2,6-9H2,1H3. The van der Waals surface area contributed by atoms with Gasteiger partial charge in [0, 0.05) is 17.1 Å². The SMILES string of the molecule is CCC(NC1CCC(C(F)(F)F)CC1)c1cccc(Cl)c1. The first-order valence-electron chi connectivity index (χ1n) is 7.48. The highest BCUT2D eigenvalue weighted by molar-refractivity contribution is 6.30.